The van der Waals surface area contributed by atoms with Crippen molar-refractivity contribution in [1.29, 1.82) is 5.26 Å². The maximum Gasteiger partial charge on any atom is 0.416 e. The number of rotatable bonds is 4. The van der Waals surface area contributed by atoms with Crippen LogP contribution in [-0.2, 0) is 25.4 Å². The molecule has 0 aliphatic rings. The number of benzene rings is 1. The first kappa shape index (κ1) is 18.6. The summed E-state index contributed by atoms with van der Waals surface area (Å²) in [5.74, 6) is 0. The highest BCUT2D eigenvalue weighted by molar-refractivity contribution is 5.34. The largest absolute Gasteiger partial charge is 0.416 e. The van der Waals surface area contributed by atoms with Gasteiger partial charge in [0.25, 0.3) is 0 Å². The van der Waals surface area contributed by atoms with Gasteiger partial charge in [0.1, 0.15) is 0 Å². The van der Waals surface area contributed by atoms with Crippen molar-refractivity contribution in [2.45, 2.75) is 25.4 Å². The Morgan fingerprint density at radius 1 is 0.920 bits per heavy atom. The minimum absolute atomic E-state index is 0.0158. The standard InChI is InChI=1S/C16H11F6N3/c17-15(18,19)13-4-12(5-14(6-13)16(20,21)22)9-25(10-23)8-11-2-1-3-24-7-11/h1-7H,8-9H2. The maximum atomic E-state index is 12.8. The molecule has 25 heavy (non-hydrogen) atoms. The fraction of sp³-hybridized carbons (Fsp3) is 0.250. The molecule has 0 unspecified atom stereocenters. The van der Waals surface area contributed by atoms with E-state index in [2.05, 4.69) is 4.98 Å². The molecule has 2 aromatic rings. The number of halogens is 6. The molecular weight excluding hydrogens is 348 g/mol. The second kappa shape index (κ2) is 7.01. The molecule has 0 radical (unpaired) electrons. The van der Waals surface area contributed by atoms with Crippen molar-refractivity contribution in [3.63, 3.8) is 0 Å². The Morgan fingerprint density at radius 2 is 1.48 bits per heavy atom. The van der Waals surface area contributed by atoms with E-state index in [-0.39, 0.29) is 18.2 Å². The van der Waals surface area contributed by atoms with Crippen LogP contribution in [0.25, 0.3) is 0 Å². The third-order valence-corrected chi connectivity index (χ3v) is 3.26. The van der Waals surface area contributed by atoms with Gasteiger partial charge in [-0.05, 0) is 35.4 Å². The van der Waals surface area contributed by atoms with E-state index < -0.39 is 30.0 Å². The van der Waals surface area contributed by atoms with Crippen molar-refractivity contribution < 1.29 is 26.3 Å². The van der Waals surface area contributed by atoms with Crippen LogP contribution in [0.5, 0.6) is 0 Å². The number of nitrogens with zero attached hydrogens (tertiary/aromatic N) is 3. The van der Waals surface area contributed by atoms with Gasteiger partial charge in [0.2, 0.25) is 0 Å². The minimum atomic E-state index is -4.92. The summed E-state index contributed by atoms with van der Waals surface area (Å²) in [6.45, 7) is -0.375. The third kappa shape index (κ3) is 5.11. The molecule has 132 valence electrons. The molecule has 2 rings (SSSR count). The molecule has 0 aliphatic heterocycles. The lowest BCUT2D eigenvalue weighted by atomic mass is 10.0. The zero-order valence-corrected chi connectivity index (χ0v) is 12.6. The maximum absolute atomic E-state index is 12.8. The van der Waals surface area contributed by atoms with Gasteiger partial charge >= 0.3 is 12.4 Å². The highest BCUT2D eigenvalue weighted by Crippen LogP contribution is 2.36. The number of alkyl halides is 6. The summed E-state index contributed by atoms with van der Waals surface area (Å²) in [6.07, 6.45) is -5.12. The van der Waals surface area contributed by atoms with E-state index in [1.807, 2.05) is 0 Å². The lowest BCUT2D eigenvalue weighted by Crippen LogP contribution is -2.18. The van der Waals surface area contributed by atoms with Crippen LogP contribution in [0.1, 0.15) is 22.3 Å². The Bertz CT molecular complexity index is 730. The van der Waals surface area contributed by atoms with Gasteiger partial charge in [0.15, 0.2) is 6.19 Å². The lowest BCUT2D eigenvalue weighted by Gasteiger charge is -2.18. The van der Waals surface area contributed by atoms with Crippen molar-refractivity contribution in [1.82, 2.24) is 9.88 Å². The van der Waals surface area contributed by atoms with E-state index in [4.69, 9.17) is 5.26 Å². The van der Waals surface area contributed by atoms with Crippen LogP contribution >= 0.6 is 0 Å². The van der Waals surface area contributed by atoms with Crippen LogP contribution in [0.15, 0.2) is 42.7 Å². The van der Waals surface area contributed by atoms with E-state index in [1.165, 1.54) is 12.4 Å². The smallest absolute Gasteiger partial charge is 0.302 e. The van der Waals surface area contributed by atoms with Gasteiger partial charge in [-0.3, -0.25) is 4.98 Å². The normalized spacial score (nSPS) is 11.9. The molecular formula is C16H11F6N3. The van der Waals surface area contributed by atoms with Crippen LogP contribution in [-0.4, -0.2) is 9.88 Å². The molecule has 1 aromatic carbocycles. The van der Waals surface area contributed by atoms with Crippen molar-refractivity contribution in [2.24, 2.45) is 0 Å². The van der Waals surface area contributed by atoms with Crippen LogP contribution in [0.4, 0.5) is 26.3 Å². The Morgan fingerprint density at radius 3 is 1.92 bits per heavy atom. The summed E-state index contributed by atoms with van der Waals surface area (Å²) in [5.41, 5.74) is -2.46. The van der Waals surface area contributed by atoms with Crippen molar-refractivity contribution >= 4 is 0 Å². The van der Waals surface area contributed by atoms with Gasteiger partial charge in [-0.15, -0.1) is 0 Å². The highest BCUT2D eigenvalue weighted by atomic mass is 19.4. The predicted octanol–water partition coefficient (Wildman–Crippen LogP) is 4.60. The SMILES string of the molecule is N#CN(Cc1cccnc1)Cc1cc(C(F)(F)F)cc(C(F)(F)F)c1. The van der Waals surface area contributed by atoms with E-state index in [0.29, 0.717) is 17.7 Å². The quantitative estimate of drug-likeness (QED) is 0.455. The van der Waals surface area contributed by atoms with E-state index >= 15 is 0 Å². The fourth-order valence-electron chi connectivity index (χ4n) is 2.17. The molecule has 1 heterocycles. The predicted molar refractivity (Wildman–Crippen MR) is 75.5 cm³/mol. The first-order valence-corrected chi connectivity index (χ1v) is 6.91. The van der Waals surface area contributed by atoms with E-state index in [0.717, 1.165) is 4.90 Å². The fourth-order valence-corrected chi connectivity index (χ4v) is 2.17. The van der Waals surface area contributed by atoms with E-state index in [1.54, 1.807) is 18.3 Å². The molecule has 0 atom stereocenters. The number of aromatic nitrogens is 1. The van der Waals surface area contributed by atoms with Crippen LogP contribution < -0.4 is 0 Å². The van der Waals surface area contributed by atoms with Gasteiger partial charge in [-0.1, -0.05) is 6.07 Å². The second-order valence-corrected chi connectivity index (χ2v) is 5.23. The van der Waals surface area contributed by atoms with Crippen LogP contribution in [0, 0.1) is 11.5 Å². The average molecular weight is 359 g/mol. The van der Waals surface area contributed by atoms with Gasteiger partial charge in [0.05, 0.1) is 24.2 Å². The summed E-state index contributed by atoms with van der Waals surface area (Å²) >= 11 is 0. The average Bonchev–Trinajstić information content (AvgIpc) is 2.53. The minimum Gasteiger partial charge on any atom is -0.302 e. The zero-order valence-electron chi connectivity index (χ0n) is 12.6. The molecule has 0 aliphatic carbocycles. The molecule has 9 heteroatoms. The topological polar surface area (TPSA) is 39.9 Å². The molecule has 0 fully saturated rings. The Kier molecular flexibility index (Phi) is 5.21. The second-order valence-electron chi connectivity index (χ2n) is 5.23. The molecule has 0 N–H and O–H groups in total. The summed E-state index contributed by atoms with van der Waals surface area (Å²) in [6, 6.07) is 4.54. The monoisotopic (exact) mass is 359 g/mol. The number of pyridine rings is 1. The van der Waals surface area contributed by atoms with E-state index in [9.17, 15) is 26.3 Å². The summed E-state index contributed by atoms with van der Waals surface area (Å²) in [4.78, 5) is 4.89. The molecule has 0 spiro atoms. The third-order valence-electron chi connectivity index (χ3n) is 3.26. The Balaban J connectivity index is 2.32. The number of hydrogen-bond donors (Lipinski definition) is 0. The summed E-state index contributed by atoms with van der Waals surface area (Å²) in [7, 11) is 0. The van der Waals surface area contributed by atoms with Crippen molar-refractivity contribution in [2.75, 3.05) is 0 Å². The summed E-state index contributed by atoms with van der Waals surface area (Å²) in [5, 5.41) is 9.12. The number of hydrogen-bond acceptors (Lipinski definition) is 3. The molecule has 0 amide bonds. The summed E-state index contributed by atoms with van der Waals surface area (Å²) < 4.78 is 77.1. The first-order chi connectivity index (χ1) is 11.6. The highest BCUT2D eigenvalue weighted by Gasteiger charge is 2.36. The molecule has 0 bridgehead atoms. The van der Waals surface area contributed by atoms with Gasteiger partial charge < -0.3 is 4.90 Å². The lowest BCUT2D eigenvalue weighted by molar-refractivity contribution is -0.143. The van der Waals surface area contributed by atoms with Gasteiger partial charge in [-0.2, -0.15) is 31.6 Å². The zero-order chi connectivity index (χ0) is 18.7. The van der Waals surface area contributed by atoms with Crippen LogP contribution in [0.3, 0.4) is 0 Å². The van der Waals surface area contributed by atoms with Crippen molar-refractivity contribution in [3.8, 4) is 6.19 Å². The Hall–Kier alpha value is -2.76. The number of nitriles is 1. The molecule has 0 saturated heterocycles. The van der Waals surface area contributed by atoms with Crippen LogP contribution in [0.2, 0.25) is 0 Å². The Labute approximate surface area is 139 Å². The molecule has 0 saturated carbocycles. The van der Waals surface area contributed by atoms with Gasteiger partial charge in [0, 0.05) is 12.4 Å². The van der Waals surface area contributed by atoms with Gasteiger partial charge in [-0.25, -0.2) is 0 Å². The molecule has 3 nitrogen and oxygen atoms in total. The van der Waals surface area contributed by atoms with Crippen molar-refractivity contribution in [3.05, 3.63) is 65.0 Å². The first-order valence-electron chi connectivity index (χ1n) is 6.91. The molecule has 1 aromatic heterocycles.